The zero-order chi connectivity index (χ0) is 21.6. The first kappa shape index (κ1) is 26.2. The molecule has 3 heterocycles. The lowest BCUT2D eigenvalue weighted by Gasteiger charge is -2.29. The Kier molecular flexibility index (Phi) is 10.4. The SMILES string of the molecule is CN=C(NCCOc1ncc(C(F)(F)F)cc1Cl)N1CCC(CN2CCOCC2)C1.I. The highest BCUT2D eigenvalue weighted by Crippen LogP contribution is 2.33. The number of aliphatic imine (C=N–C) groups is 1. The Morgan fingerprint density at radius 3 is 2.74 bits per heavy atom. The van der Waals surface area contributed by atoms with Crippen LogP contribution < -0.4 is 10.1 Å². The van der Waals surface area contributed by atoms with Gasteiger partial charge in [0.15, 0.2) is 5.96 Å². The molecule has 0 saturated carbocycles. The molecular weight excluding hydrogens is 550 g/mol. The Balaban J connectivity index is 0.00000341. The number of hydrogen-bond donors (Lipinski definition) is 1. The average molecular weight is 578 g/mol. The monoisotopic (exact) mass is 577 g/mol. The van der Waals surface area contributed by atoms with Crippen LogP contribution in [-0.4, -0.2) is 86.9 Å². The molecular formula is C19H28ClF3IN5O2. The molecule has 2 aliphatic heterocycles. The fourth-order valence-corrected chi connectivity index (χ4v) is 3.87. The first-order chi connectivity index (χ1) is 14.4. The Hall–Kier alpha value is -1.05. The smallest absolute Gasteiger partial charge is 0.417 e. The number of ether oxygens (including phenoxy) is 2. The van der Waals surface area contributed by atoms with E-state index in [9.17, 15) is 13.2 Å². The third-order valence-electron chi connectivity index (χ3n) is 5.18. The molecule has 31 heavy (non-hydrogen) atoms. The highest BCUT2D eigenvalue weighted by molar-refractivity contribution is 14.0. The van der Waals surface area contributed by atoms with Crippen LogP contribution >= 0.6 is 35.6 Å². The standard InChI is InChI=1S/C19H27ClF3N5O2.HI/c1-24-18(28-4-2-14(13-28)12-27-5-8-29-9-6-27)25-3-7-30-17-16(20)10-15(11-26-17)19(21,22)23;/h10-11,14H,2-9,12-13H2,1H3,(H,24,25);1H. The van der Waals surface area contributed by atoms with Crippen molar-refractivity contribution in [1.82, 2.24) is 20.1 Å². The lowest BCUT2D eigenvalue weighted by Crippen LogP contribution is -2.43. The lowest BCUT2D eigenvalue weighted by atomic mass is 10.1. The van der Waals surface area contributed by atoms with E-state index in [-0.39, 0.29) is 41.5 Å². The first-order valence-corrected chi connectivity index (χ1v) is 10.4. The van der Waals surface area contributed by atoms with E-state index in [0.29, 0.717) is 18.7 Å². The largest absolute Gasteiger partial charge is 0.475 e. The molecule has 0 amide bonds. The third kappa shape index (κ3) is 7.79. The molecule has 1 N–H and O–H groups in total. The number of pyridine rings is 1. The molecule has 1 aromatic heterocycles. The summed E-state index contributed by atoms with van der Waals surface area (Å²) >= 11 is 5.85. The second-order valence-corrected chi connectivity index (χ2v) is 7.75. The summed E-state index contributed by atoms with van der Waals surface area (Å²) in [7, 11) is 1.73. The topological polar surface area (TPSA) is 62.2 Å². The van der Waals surface area contributed by atoms with Crippen LogP contribution in [0.15, 0.2) is 17.3 Å². The number of hydrogen-bond acceptors (Lipinski definition) is 5. The van der Waals surface area contributed by atoms with Crippen molar-refractivity contribution >= 4 is 41.5 Å². The number of guanidine groups is 1. The maximum absolute atomic E-state index is 12.7. The summed E-state index contributed by atoms with van der Waals surface area (Å²) in [6, 6.07) is 0.815. The van der Waals surface area contributed by atoms with E-state index in [4.69, 9.17) is 21.1 Å². The molecule has 1 aromatic rings. The molecule has 7 nitrogen and oxygen atoms in total. The summed E-state index contributed by atoms with van der Waals surface area (Å²) in [5.41, 5.74) is -0.904. The number of likely N-dealkylation sites (tertiary alicyclic amines) is 1. The number of nitrogens with zero attached hydrogens (tertiary/aromatic N) is 4. The van der Waals surface area contributed by atoms with Gasteiger partial charge < -0.3 is 19.7 Å². The Bertz CT molecular complexity index is 735. The van der Waals surface area contributed by atoms with Gasteiger partial charge in [0.05, 0.1) is 25.3 Å². The molecule has 0 aliphatic carbocycles. The van der Waals surface area contributed by atoms with Gasteiger partial charge in [-0.25, -0.2) is 4.98 Å². The van der Waals surface area contributed by atoms with Crippen molar-refractivity contribution in [3.63, 3.8) is 0 Å². The molecule has 0 bridgehead atoms. The Morgan fingerprint density at radius 2 is 2.10 bits per heavy atom. The quantitative estimate of drug-likeness (QED) is 0.243. The van der Waals surface area contributed by atoms with E-state index in [0.717, 1.165) is 64.4 Å². The summed E-state index contributed by atoms with van der Waals surface area (Å²) in [5, 5.41) is 3.06. The molecule has 0 radical (unpaired) electrons. The number of rotatable bonds is 6. The van der Waals surface area contributed by atoms with Crippen molar-refractivity contribution in [3.8, 4) is 5.88 Å². The molecule has 12 heteroatoms. The van der Waals surface area contributed by atoms with Gasteiger partial charge in [0, 0.05) is 46.0 Å². The van der Waals surface area contributed by atoms with Crippen LogP contribution in [-0.2, 0) is 10.9 Å². The molecule has 1 unspecified atom stereocenters. The van der Waals surface area contributed by atoms with Crippen molar-refractivity contribution < 1.29 is 22.6 Å². The van der Waals surface area contributed by atoms with Gasteiger partial charge in [-0.15, -0.1) is 24.0 Å². The second kappa shape index (κ2) is 12.3. The molecule has 0 aromatic carbocycles. The number of halogens is 5. The summed E-state index contributed by atoms with van der Waals surface area (Å²) < 4.78 is 48.8. The van der Waals surface area contributed by atoms with Crippen molar-refractivity contribution in [2.75, 3.05) is 66.1 Å². The van der Waals surface area contributed by atoms with Gasteiger partial charge in [-0.3, -0.25) is 9.89 Å². The van der Waals surface area contributed by atoms with Crippen LogP contribution in [0.3, 0.4) is 0 Å². The second-order valence-electron chi connectivity index (χ2n) is 7.34. The predicted octanol–water partition coefficient (Wildman–Crippen LogP) is 2.98. The summed E-state index contributed by atoms with van der Waals surface area (Å²) in [5.74, 6) is 1.36. The minimum atomic E-state index is -4.49. The van der Waals surface area contributed by atoms with Crippen LogP contribution in [0.4, 0.5) is 13.2 Å². The third-order valence-corrected chi connectivity index (χ3v) is 5.45. The van der Waals surface area contributed by atoms with Gasteiger partial charge in [0.1, 0.15) is 11.6 Å². The van der Waals surface area contributed by atoms with E-state index < -0.39 is 11.7 Å². The summed E-state index contributed by atoms with van der Waals surface area (Å²) in [6.45, 7) is 7.14. The Labute approximate surface area is 202 Å². The molecule has 2 fully saturated rings. The van der Waals surface area contributed by atoms with Crippen molar-refractivity contribution in [1.29, 1.82) is 0 Å². The van der Waals surface area contributed by atoms with Crippen molar-refractivity contribution in [2.24, 2.45) is 10.9 Å². The van der Waals surface area contributed by atoms with Crippen LogP contribution in [0.5, 0.6) is 5.88 Å². The van der Waals surface area contributed by atoms with E-state index in [1.165, 1.54) is 0 Å². The highest BCUT2D eigenvalue weighted by Gasteiger charge is 2.32. The zero-order valence-electron chi connectivity index (χ0n) is 17.3. The van der Waals surface area contributed by atoms with Gasteiger partial charge in [-0.1, -0.05) is 11.6 Å². The van der Waals surface area contributed by atoms with E-state index in [1.54, 1.807) is 7.05 Å². The normalized spacial score (nSPS) is 20.5. The molecule has 3 rings (SSSR count). The highest BCUT2D eigenvalue weighted by atomic mass is 127. The summed E-state index contributed by atoms with van der Waals surface area (Å²) in [4.78, 5) is 12.7. The Morgan fingerprint density at radius 1 is 1.35 bits per heavy atom. The maximum atomic E-state index is 12.7. The minimum absolute atomic E-state index is 0. The molecule has 176 valence electrons. The predicted molar refractivity (Wildman–Crippen MR) is 123 cm³/mol. The summed E-state index contributed by atoms with van der Waals surface area (Å²) in [6.07, 6.45) is -2.66. The number of morpholine rings is 1. The van der Waals surface area contributed by atoms with Gasteiger partial charge in [-0.2, -0.15) is 13.2 Å². The van der Waals surface area contributed by atoms with Gasteiger partial charge >= 0.3 is 6.18 Å². The maximum Gasteiger partial charge on any atom is 0.417 e. The van der Waals surface area contributed by atoms with Crippen LogP contribution in [0.1, 0.15) is 12.0 Å². The average Bonchev–Trinajstić information content (AvgIpc) is 3.17. The number of alkyl halides is 3. The fourth-order valence-electron chi connectivity index (χ4n) is 3.65. The van der Waals surface area contributed by atoms with Crippen molar-refractivity contribution in [3.05, 3.63) is 22.8 Å². The number of aromatic nitrogens is 1. The molecule has 2 saturated heterocycles. The number of nitrogens with one attached hydrogen (secondary N) is 1. The van der Waals surface area contributed by atoms with Crippen LogP contribution in [0.2, 0.25) is 5.02 Å². The van der Waals surface area contributed by atoms with Crippen LogP contribution in [0.25, 0.3) is 0 Å². The van der Waals surface area contributed by atoms with E-state index in [1.807, 2.05) is 0 Å². The zero-order valence-corrected chi connectivity index (χ0v) is 20.4. The molecule has 0 spiro atoms. The van der Waals surface area contributed by atoms with E-state index in [2.05, 4.69) is 25.1 Å². The lowest BCUT2D eigenvalue weighted by molar-refractivity contribution is -0.137. The first-order valence-electron chi connectivity index (χ1n) is 9.98. The minimum Gasteiger partial charge on any atom is -0.475 e. The molecule has 2 aliphatic rings. The van der Waals surface area contributed by atoms with Crippen LogP contribution in [0, 0.1) is 5.92 Å². The molecule has 1 atom stereocenters. The van der Waals surface area contributed by atoms with Crippen molar-refractivity contribution in [2.45, 2.75) is 12.6 Å². The fraction of sp³-hybridized carbons (Fsp3) is 0.684. The van der Waals surface area contributed by atoms with E-state index >= 15 is 0 Å². The van der Waals surface area contributed by atoms with Gasteiger partial charge in [0.25, 0.3) is 0 Å². The van der Waals surface area contributed by atoms with Gasteiger partial charge in [-0.05, 0) is 18.4 Å². The van der Waals surface area contributed by atoms with Gasteiger partial charge in [0.2, 0.25) is 5.88 Å².